The van der Waals surface area contributed by atoms with Gasteiger partial charge in [0, 0.05) is 40.8 Å². The smallest absolute Gasteiger partial charge is 0.268 e. The maximum Gasteiger partial charge on any atom is 0.268 e. The Morgan fingerprint density at radius 2 is 1.88 bits per heavy atom. The van der Waals surface area contributed by atoms with Crippen molar-refractivity contribution in [1.82, 2.24) is 23.9 Å². The van der Waals surface area contributed by atoms with Gasteiger partial charge in [0.05, 0.1) is 34.4 Å². The Hall–Kier alpha value is -3.98. The zero-order valence-electron chi connectivity index (χ0n) is 18.1. The van der Waals surface area contributed by atoms with Gasteiger partial charge in [0.2, 0.25) is 0 Å². The molecule has 0 N–H and O–H groups in total. The van der Waals surface area contributed by atoms with Gasteiger partial charge in [-0.15, -0.1) is 6.58 Å². The minimum atomic E-state index is -3.87. The van der Waals surface area contributed by atoms with Gasteiger partial charge >= 0.3 is 0 Å². The maximum absolute atomic E-state index is 13.6. The lowest BCUT2D eigenvalue weighted by Crippen LogP contribution is -2.11. The standard InChI is InChI=1S/C24H21N5O3S/c1-4-10-28-14-19(13-26-28)21-15-29(33(30,31)20-8-6-5-7-9-20)22-11-18(12-25-24(21)22)23-16(2)27-32-17(23)3/h4-9,11-15H,1,10H2,2-3H3. The molecule has 0 saturated heterocycles. The normalized spacial score (nSPS) is 11.8. The molecule has 0 saturated carbocycles. The van der Waals surface area contributed by atoms with Crippen molar-refractivity contribution in [2.24, 2.45) is 0 Å². The average molecular weight is 460 g/mol. The fraction of sp³-hybridized carbons (Fsp3) is 0.125. The van der Waals surface area contributed by atoms with Crippen LogP contribution in [0.4, 0.5) is 0 Å². The van der Waals surface area contributed by atoms with Crippen LogP contribution in [0.2, 0.25) is 0 Å². The summed E-state index contributed by atoms with van der Waals surface area (Å²) in [5.74, 6) is 0.642. The Labute approximate surface area is 190 Å². The molecule has 4 heterocycles. The van der Waals surface area contributed by atoms with E-state index >= 15 is 0 Å². The minimum Gasteiger partial charge on any atom is -0.361 e. The number of benzene rings is 1. The largest absolute Gasteiger partial charge is 0.361 e. The average Bonchev–Trinajstić information content (AvgIpc) is 3.51. The van der Waals surface area contributed by atoms with E-state index in [1.165, 1.54) is 3.97 Å². The van der Waals surface area contributed by atoms with E-state index in [2.05, 4.69) is 21.8 Å². The molecule has 0 aliphatic carbocycles. The molecule has 5 rings (SSSR count). The Balaban J connectivity index is 1.78. The first-order valence-electron chi connectivity index (χ1n) is 10.3. The van der Waals surface area contributed by atoms with Crippen LogP contribution >= 0.6 is 0 Å². The van der Waals surface area contributed by atoms with Crippen molar-refractivity contribution in [1.29, 1.82) is 0 Å². The van der Waals surface area contributed by atoms with Crippen LogP contribution in [-0.4, -0.2) is 32.3 Å². The summed E-state index contributed by atoms with van der Waals surface area (Å²) in [5.41, 5.74) is 4.70. The third kappa shape index (κ3) is 3.46. The molecule has 0 aliphatic rings. The van der Waals surface area contributed by atoms with Crippen molar-refractivity contribution in [2.75, 3.05) is 0 Å². The second-order valence-electron chi connectivity index (χ2n) is 7.69. The van der Waals surface area contributed by atoms with Gasteiger partial charge in [0.1, 0.15) is 5.76 Å². The lowest BCUT2D eigenvalue weighted by Gasteiger charge is -2.08. The highest BCUT2D eigenvalue weighted by Crippen LogP contribution is 2.35. The Morgan fingerprint density at radius 3 is 2.58 bits per heavy atom. The van der Waals surface area contributed by atoms with Crippen LogP contribution in [0.25, 0.3) is 33.3 Å². The van der Waals surface area contributed by atoms with E-state index in [1.807, 2.05) is 26.1 Å². The van der Waals surface area contributed by atoms with Crippen LogP contribution in [-0.2, 0) is 16.6 Å². The van der Waals surface area contributed by atoms with Gasteiger partial charge < -0.3 is 4.52 Å². The summed E-state index contributed by atoms with van der Waals surface area (Å²) in [6, 6.07) is 10.2. The monoisotopic (exact) mass is 459 g/mol. The van der Waals surface area contributed by atoms with Crippen LogP contribution in [0.15, 0.2) is 83.3 Å². The van der Waals surface area contributed by atoms with E-state index in [1.54, 1.807) is 59.7 Å². The Bertz CT molecular complexity index is 1570. The summed E-state index contributed by atoms with van der Waals surface area (Å²) < 4.78 is 35.5. The molecular weight excluding hydrogens is 438 g/mol. The summed E-state index contributed by atoms with van der Waals surface area (Å²) in [5, 5.41) is 8.36. The van der Waals surface area contributed by atoms with Crippen molar-refractivity contribution in [3.05, 3.63) is 85.3 Å². The van der Waals surface area contributed by atoms with Gasteiger partial charge in [-0.25, -0.2) is 12.4 Å². The molecule has 0 atom stereocenters. The van der Waals surface area contributed by atoms with Crippen molar-refractivity contribution in [3.63, 3.8) is 0 Å². The topological polar surface area (TPSA) is 95.8 Å². The molecule has 0 bridgehead atoms. The summed E-state index contributed by atoms with van der Waals surface area (Å²) in [6.45, 7) is 7.94. The quantitative estimate of drug-likeness (QED) is 0.345. The first-order chi connectivity index (χ1) is 15.9. The molecule has 0 aliphatic heterocycles. The number of fused-ring (bicyclic) bond motifs is 1. The van der Waals surface area contributed by atoms with Crippen LogP contribution in [0.3, 0.4) is 0 Å². The van der Waals surface area contributed by atoms with E-state index < -0.39 is 10.0 Å². The fourth-order valence-corrected chi connectivity index (χ4v) is 5.33. The van der Waals surface area contributed by atoms with Crippen LogP contribution < -0.4 is 0 Å². The van der Waals surface area contributed by atoms with E-state index in [0.717, 1.165) is 16.7 Å². The third-order valence-corrected chi connectivity index (χ3v) is 7.18. The van der Waals surface area contributed by atoms with Crippen molar-refractivity contribution < 1.29 is 12.9 Å². The first kappa shape index (κ1) is 20.9. The number of hydrogen-bond acceptors (Lipinski definition) is 6. The maximum atomic E-state index is 13.6. The number of aryl methyl sites for hydroxylation is 2. The molecule has 8 nitrogen and oxygen atoms in total. The molecule has 4 aromatic heterocycles. The summed E-state index contributed by atoms with van der Waals surface area (Å²) in [4.78, 5) is 4.86. The summed E-state index contributed by atoms with van der Waals surface area (Å²) in [6.07, 6.45) is 8.61. The van der Waals surface area contributed by atoms with Crippen LogP contribution in [0, 0.1) is 13.8 Å². The molecule has 5 aromatic rings. The van der Waals surface area contributed by atoms with Crippen molar-refractivity contribution >= 4 is 21.1 Å². The Kier molecular flexibility index (Phi) is 4.98. The first-order valence-corrected chi connectivity index (χ1v) is 11.7. The number of pyridine rings is 1. The third-order valence-electron chi connectivity index (χ3n) is 5.49. The summed E-state index contributed by atoms with van der Waals surface area (Å²) >= 11 is 0. The van der Waals surface area contributed by atoms with E-state index in [0.29, 0.717) is 34.6 Å². The van der Waals surface area contributed by atoms with Crippen LogP contribution in [0.1, 0.15) is 11.5 Å². The molecule has 0 fully saturated rings. The number of allylic oxidation sites excluding steroid dienone is 1. The van der Waals surface area contributed by atoms with Gasteiger partial charge in [0.15, 0.2) is 0 Å². The molecule has 166 valence electrons. The van der Waals surface area contributed by atoms with Gasteiger partial charge in [-0.2, -0.15) is 5.10 Å². The zero-order valence-corrected chi connectivity index (χ0v) is 19.0. The van der Waals surface area contributed by atoms with Crippen LogP contribution in [0.5, 0.6) is 0 Å². The van der Waals surface area contributed by atoms with Gasteiger partial charge in [0.25, 0.3) is 10.0 Å². The van der Waals surface area contributed by atoms with Gasteiger partial charge in [-0.05, 0) is 32.0 Å². The molecule has 0 amide bonds. The molecule has 1 aromatic carbocycles. The van der Waals surface area contributed by atoms with E-state index in [9.17, 15) is 8.42 Å². The number of nitrogens with zero attached hydrogens (tertiary/aromatic N) is 5. The molecule has 0 unspecified atom stereocenters. The summed E-state index contributed by atoms with van der Waals surface area (Å²) in [7, 11) is -3.87. The lowest BCUT2D eigenvalue weighted by atomic mass is 10.1. The lowest BCUT2D eigenvalue weighted by molar-refractivity contribution is 0.393. The highest BCUT2D eigenvalue weighted by Gasteiger charge is 2.24. The van der Waals surface area contributed by atoms with Crippen molar-refractivity contribution in [2.45, 2.75) is 25.3 Å². The van der Waals surface area contributed by atoms with E-state index in [4.69, 9.17) is 4.52 Å². The molecule has 33 heavy (non-hydrogen) atoms. The van der Waals surface area contributed by atoms with Gasteiger partial charge in [-0.3, -0.25) is 9.67 Å². The second-order valence-corrected chi connectivity index (χ2v) is 9.50. The molecule has 9 heteroatoms. The van der Waals surface area contributed by atoms with Gasteiger partial charge in [-0.1, -0.05) is 29.4 Å². The second kappa shape index (κ2) is 7.86. The molecular formula is C24H21N5O3S. The predicted octanol–water partition coefficient (Wildman–Crippen LogP) is 4.59. The highest BCUT2D eigenvalue weighted by atomic mass is 32.2. The van der Waals surface area contributed by atoms with E-state index in [-0.39, 0.29) is 4.90 Å². The number of hydrogen-bond donors (Lipinski definition) is 0. The highest BCUT2D eigenvalue weighted by molar-refractivity contribution is 7.90. The van der Waals surface area contributed by atoms with Crippen molar-refractivity contribution in [3.8, 4) is 22.3 Å². The number of aromatic nitrogens is 5. The zero-order chi connectivity index (χ0) is 23.2. The minimum absolute atomic E-state index is 0.193. The fourth-order valence-electron chi connectivity index (χ4n) is 3.96. The molecule has 0 spiro atoms. The molecule has 0 radical (unpaired) electrons. The number of rotatable bonds is 6. The SMILES string of the molecule is C=CCn1cc(-c2cn(S(=O)(=O)c3ccccc3)c3cc(-c4c(C)noc4C)cnc23)cn1. The predicted molar refractivity (Wildman–Crippen MR) is 125 cm³/mol. The Morgan fingerprint density at radius 1 is 1.09 bits per heavy atom.